The second-order valence-corrected chi connectivity index (χ2v) is 3.93. The Balaban J connectivity index is 0.00000112. The van der Waals surface area contributed by atoms with E-state index in [-0.39, 0.29) is 1.43 Å². The number of rotatable bonds is 2. The molecule has 2 heteroatoms. The number of aryl methyl sites for hydroxylation is 1. The highest BCUT2D eigenvalue weighted by molar-refractivity contribution is 5.81. The van der Waals surface area contributed by atoms with Crippen molar-refractivity contribution >= 4 is 10.9 Å². The van der Waals surface area contributed by atoms with E-state index in [4.69, 9.17) is 0 Å². The van der Waals surface area contributed by atoms with E-state index in [0.717, 1.165) is 11.2 Å². The molecule has 0 aliphatic rings. The van der Waals surface area contributed by atoms with E-state index in [1.54, 1.807) is 0 Å². The molecule has 1 aromatic heterocycles. The molecule has 2 nitrogen and oxygen atoms in total. The van der Waals surface area contributed by atoms with Gasteiger partial charge in [-0.15, -0.1) is 0 Å². The van der Waals surface area contributed by atoms with E-state index in [0.29, 0.717) is 5.92 Å². The van der Waals surface area contributed by atoms with Crippen LogP contribution in [0.25, 0.3) is 10.9 Å². The summed E-state index contributed by atoms with van der Waals surface area (Å²) in [6, 6.07) is 6.53. The zero-order valence-corrected chi connectivity index (χ0v) is 8.96. The fraction of sp³-hybridized carbons (Fsp3) is 0.417. The summed E-state index contributed by atoms with van der Waals surface area (Å²) in [6.45, 7) is 6.55. The highest BCUT2D eigenvalue weighted by atomic mass is 15.1. The van der Waals surface area contributed by atoms with Crippen molar-refractivity contribution in [2.45, 2.75) is 33.1 Å². The number of nitrogens with one attached hydrogen (secondary N) is 1. The van der Waals surface area contributed by atoms with Crippen LogP contribution in [0.2, 0.25) is 0 Å². The molecule has 1 N–H and O–H groups in total. The molecular weight excluding hydrogens is 172 g/mol. The molecule has 0 aliphatic heterocycles. The lowest BCUT2D eigenvalue weighted by molar-refractivity contribution is 0.734. The van der Waals surface area contributed by atoms with Gasteiger partial charge in [-0.2, -0.15) is 5.10 Å². The van der Waals surface area contributed by atoms with Crippen molar-refractivity contribution in [3.05, 3.63) is 29.5 Å². The van der Waals surface area contributed by atoms with Crippen molar-refractivity contribution in [1.82, 2.24) is 10.2 Å². The van der Waals surface area contributed by atoms with Crippen LogP contribution in [0.5, 0.6) is 0 Å². The van der Waals surface area contributed by atoms with Crippen molar-refractivity contribution in [2.75, 3.05) is 0 Å². The van der Waals surface area contributed by atoms with E-state index in [2.05, 4.69) is 49.2 Å². The Kier molecular flexibility index (Phi) is 2.28. The Morgan fingerprint density at radius 3 is 3.00 bits per heavy atom. The van der Waals surface area contributed by atoms with Gasteiger partial charge in [-0.1, -0.05) is 19.9 Å². The number of aromatic nitrogens is 2. The maximum Gasteiger partial charge on any atom is 0.0923 e. The van der Waals surface area contributed by atoms with Gasteiger partial charge in [0.25, 0.3) is 0 Å². The standard InChI is InChI=1S/C12H16N2.H2/c1-4-8(2)10-5-6-12-11(7-10)9(3)13-14-12;/h5-8H,4H2,1-3H3,(H,13,14);1H. The molecule has 0 aliphatic carbocycles. The van der Waals surface area contributed by atoms with Gasteiger partial charge < -0.3 is 0 Å². The Morgan fingerprint density at radius 2 is 2.29 bits per heavy atom. The van der Waals surface area contributed by atoms with Gasteiger partial charge in [0.1, 0.15) is 0 Å². The number of aromatic amines is 1. The summed E-state index contributed by atoms with van der Waals surface area (Å²) in [5.74, 6) is 0.633. The lowest BCUT2D eigenvalue weighted by Crippen LogP contribution is -1.90. The predicted molar refractivity (Wildman–Crippen MR) is 61.7 cm³/mol. The minimum atomic E-state index is 0. The molecule has 0 radical (unpaired) electrons. The molecule has 0 fully saturated rings. The van der Waals surface area contributed by atoms with Crippen molar-refractivity contribution in [3.63, 3.8) is 0 Å². The van der Waals surface area contributed by atoms with Gasteiger partial charge in [-0.25, -0.2) is 0 Å². The highest BCUT2D eigenvalue weighted by Crippen LogP contribution is 2.23. The van der Waals surface area contributed by atoms with Crippen LogP contribution in [0, 0.1) is 6.92 Å². The quantitative estimate of drug-likeness (QED) is 0.769. The molecule has 14 heavy (non-hydrogen) atoms. The van der Waals surface area contributed by atoms with E-state index in [1.165, 1.54) is 17.4 Å². The number of fused-ring (bicyclic) bond motifs is 1. The zero-order chi connectivity index (χ0) is 10.1. The maximum atomic E-state index is 4.22. The third-order valence-electron chi connectivity index (χ3n) is 2.95. The van der Waals surface area contributed by atoms with Crippen LogP contribution < -0.4 is 0 Å². The number of nitrogens with zero attached hydrogens (tertiary/aromatic N) is 1. The van der Waals surface area contributed by atoms with Gasteiger partial charge in [0.2, 0.25) is 0 Å². The number of H-pyrrole nitrogens is 1. The first-order chi connectivity index (χ1) is 6.72. The van der Waals surface area contributed by atoms with Crippen molar-refractivity contribution < 1.29 is 1.43 Å². The second-order valence-electron chi connectivity index (χ2n) is 3.93. The van der Waals surface area contributed by atoms with Crippen LogP contribution in [0.1, 0.15) is 38.9 Å². The van der Waals surface area contributed by atoms with Gasteiger partial charge in [-0.05, 0) is 37.0 Å². The van der Waals surface area contributed by atoms with Crippen molar-refractivity contribution in [3.8, 4) is 0 Å². The summed E-state index contributed by atoms with van der Waals surface area (Å²) in [5.41, 5.74) is 3.63. The topological polar surface area (TPSA) is 28.7 Å². The van der Waals surface area contributed by atoms with Crippen LogP contribution in [0.4, 0.5) is 0 Å². The fourth-order valence-corrected chi connectivity index (χ4v) is 1.70. The minimum Gasteiger partial charge on any atom is -0.282 e. The largest absolute Gasteiger partial charge is 0.282 e. The number of hydrogen-bond acceptors (Lipinski definition) is 1. The van der Waals surface area contributed by atoms with Gasteiger partial charge in [-0.3, -0.25) is 5.10 Å². The average Bonchev–Trinajstić information content (AvgIpc) is 2.59. The van der Waals surface area contributed by atoms with Gasteiger partial charge in [0.05, 0.1) is 5.52 Å². The molecule has 1 atom stereocenters. The lowest BCUT2D eigenvalue weighted by atomic mass is 9.97. The molecule has 0 saturated heterocycles. The molecular formula is C12H18N2. The first-order valence-electron chi connectivity index (χ1n) is 5.17. The minimum absolute atomic E-state index is 0. The maximum absolute atomic E-state index is 4.22. The van der Waals surface area contributed by atoms with Gasteiger partial charge in [0.15, 0.2) is 0 Å². The average molecular weight is 190 g/mol. The van der Waals surface area contributed by atoms with E-state index in [9.17, 15) is 0 Å². The first-order valence-corrected chi connectivity index (χ1v) is 5.17. The summed E-state index contributed by atoms with van der Waals surface area (Å²) in [6.07, 6.45) is 1.18. The summed E-state index contributed by atoms with van der Waals surface area (Å²) in [5, 5.41) is 8.48. The Hall–Kier alpha value is -1.31. The molecule has 1 aromatic carbocycles. The van der Waals surface area contributed by atoms with E-state index >= 15 is 0 Å². The predicted octanol–water partition coefficient (Wildman–Crippen LogP) is 3.63. The number of benzene rings is 1. The Bertz CT molecular complexity index is 448. The molecule has 0 saturated carbocycles. The van der Waals surface area contributed by atoms with Crippen LogP contribution in [0.15, 0.2) is 18.2 Å². The Morgan fingerprint density at radius 1 is 1.50 bits per heavy atom. The lowest BCUT2D eigenvalue weighted by Gasteiger charge is -2.08. The molecule has 2 aromatic rings. The summed E-state index contributed by atoms with van der Waals surface area (Å²) in [7, 11) is 0. The van der Waals surface area contributed by atoms with Gasteiger partial charge >= 0.3 is 0 Å². The Labute approximate surface area is 85.8 Å². The molecule has 0 spiro atoms. The zero-order valence-electron chi connectivity index (χ0n) is 8.96. The summed E-state index contributed by atoms with van der Waals surface area (Å²) < 4.78 is 0. The fourth-order valence-electron chi connectivity index (χ4n) is 1.70. The molecule has 76 valence electrons. The molecule has 1 heterocycles. The second kappa shape index (κ2) is 3.45. The summed E-state index contributed by atoms with van der Waals surface area (Å²) in [4.78, 5) is 0. The monoisotopic (exact) mass is 190 g/mol. The third kappa shape index (κ3) is 1.41. The van der Waals surface area contributed by atoms with Gasteiger partial charge in [0, 0.05) is 12.5 Å². The summed E-state index contributed by atoms with van der Waals surface area (Å²) >= 11 is 0. The van der Waals surface area contributed by atoms with Crippen LogP contribution in [-0.2, 0) is 0 Å². The van der Waals surface area contributed by atoms with Crippen LogP contribution in [0.3, 0.4) is 0 Å². The first kappa shape index (κ1) is 9.25. The van der Waals surface area contributed by atoms with Crippen molar-refractivity contribution in [1.29, 1.82) is 0 Å². The SMILES string of the molecule is CCC(C)c1ccc2n[nH]c(C)c2c1.[HH]. The highest BCUT2D eigenvalue weighted by Gasteiger charge is 2.06. The third-order valence-corrected chi connectivity index (χ3v) is 2.95. The van der Waals surface area contributed by atoms with Crippen LogP contribution in [-0.4, -0.2) is 10.2 Å². The van der Waals surface area contributed by atoms with Crippen LogP contribution >= 0.6 is 0 Å². The molecule has 0 amide bonds. The smallest absolute Gasteiger partial charge is 0.0923 e. The van der Waals surface area contributed by atoms with E-state index in [1.807, 2.05) is 0 Å². The normalized spacial score (nSPS) is 13.4. The molecule has 2 rings (SSSR count). The van der Waals surface area contributed by atoms with Crippen molar-refractivity contribution in [2.24, 2.45) is 0 Å². The molecule has 1 unspecified atom stereocenters. The number of hydrogen-bond donors (Lipinski definition) is 1. The van der Waals surface area contributed by atoms with E-state index < -0.39 is 0 Å². The molecule has 0 bridgehead atoms.